The van der Waals surface area contributed by atoms with Gasteiger partial charge < -0.3 is 9.42 Å². The molecule has 1 aromatic carbocycles. The van der Waals surface area contributed by atoms with E-state index >= 15 is 0 Å². The van der Waals surface area contributed by atoms with Crippen LogP contribution in [0.15, 0.2) is 28.8 Å². The Morgan fingerprint density at radius 3 is 2.89 bits per heavy atom. The molecule has 0 unspecified atom stereocenters. The van der Waals surface area contributed by atoms with Crippen molar-refractivity contribution >= 4 is 28.5 Å². The smallest absolute Gasteiger partial charge is 0.228 e. The molecule has 0 bridgehead atoms. The van der Waals surface area contributed by atoms with Gasteiger partial charge in [-0.3, -0.25) is 4.79 Å². The first kappa shape index (κ1) is 12.5. The van der Waals surface area contributed by atoms with Crippen molar-refractivity contribution in [3.8, 4) is 0 Å². The third-order valence-corrected chi connectivity index (χ3v) is 3.98. The molecule has 19 heavy (non-hydrogen) atoms. The number of likely N-dealkylation sites (tertiary alicyclic amines) is 1. The predicted octanol–water partition coefficient (Wildman–Crippen LogP) is 2.60. The van der Waals surface area contributed by atoms with Crippen molar-refractivity contribution in [2.45, 2.75) is 24.6 Å². The van der Waals surface area contributed by atoms with Crippen LogP contribution in [0, 0.1) is 0 Å². The summed E-state index contributed by atoms with van der Waals surface area (Å²) in [5.74, 6) is 0.0996. The van der Waals surface area contributed by atoms with Crippen molar-refractivity contribution in [3.05, 3.63) is 30.0 Å². The fourth-order valence-electron chi connectivity index (χ4n) is 2.42. The van der Waals surface area contributed by atoms with Crippen molar-refractivity contribution in [3.63, 3.8) is 0 Å². The average Bonchev–Trinajstić information content (AvgIpc) is 2.83. The molecule has 0 aliphatic carbocycles. The molecular weight excluding hydrogens is 264 g/mol. The molecule has 2 aromatic rings. The van der Waals surface area contributed by atoms with Gasteiger partial charge >= 0.3 is 0 Å². The molecule has 1 aromatic heterocycles. The van der Waals surface area contributed by atoms with Crippen LogP contribution in [-0.4, -0.2) is 34.4 Å². The number of piperidine rings is 1. The van der Waals surface area contributed by atoms with Crippen LogP contribution in [0.1, 0.15) is 18.5 Å². The van der Waals surface area contributed by atoms with E-state index in [2.05, 4.69) is 5.16 Å². The highest BCUT2D eigenvalue weighted by molar-refractivity contribution is 6.20. The first-order valence-electron chi connectivity index (χ1n) is 6.49. The number of aromatic nitrogens is 1. The Morgan fingerprint density at radius 1 is 1.37 bits per heavy atom. The predicted molar refractivity (Wildman–Crippen MR) is 73.2 cm³/mol. The number of carbonyl (C=O) groups excluding carboxylic acids is 1. The zero-order valence-corrected chi connectivity index (χ0v) is 11.3. The summed E-state index contributed by atoms with van der Waals surface area (Å²) in [7, 11) is 0. The van der Waals surface area contributed by atoms with Crippen molar-refractivity contribution in [1.82, 2.24) is 10.1 Å². The van der Waals surface area contributed by atoms with Crippen LogP contribution in [0.2, 0.25) is 0 Å². The molecule has 1 amide bonds. The second-order valence-corrected chi connectivity index (χ2v) is 5.47. The van der Waals surface area contributed by atoms with Crippen LogP contribution in [-0.2, 0) is 11.2 Å². The Labute approximate surface area is 116 Å². The highest BCUT2D eigenvalue weighted by Gasteiger charge is 2.22. The second kappa shape index (κ2) is 5.21. The molecule has 0 N–H and O–H groups in total. The van der Waals surface area contributed by atoms with E-state index in [0.717, 1.165) is 36.9 Å². The Morgan fingerprint density at radius 2 is 2.11 bits per heavy atom. The number of nitrogens with zero attached hydrogens (tertiary/aromatic N) is 2. The Kier molecular flexibility index (Phi) is 3.42. The minimum atomic E-state index is 0.0996. The number of hydrogen-bond acceptors (Lipinski definition) is 3. The fourth-order valence-corrected chi connectivity index (χ4v) is 2.61. The number of alkyl halides is 1. The van der Waals surface area contributed by atoms with Gasteiger partial charge in [-0.25, -0.2) is 0 Å². The van der Waals surface area contributed by atoms with Gasteiger partial charge in [0.1, 0.15) is 5.69 Å². The molecule has 1 fully saturated rings. The first-order chi connectivity index (χ1) is 9.24. The molecule has 1 aliphatic heterocycles. The SMILES string of the molecule is O=C(Cc1noc2ccccc12)N1CCC(Cl)CC1. The maximum absolute atomic E-state index is 12.2. The third-order valence-electron chi connectivity index (χ3n) is 3.55. The maximum atomic E-state index is 12.2. The van der Waals surface area contributed by atoms with E-state index in [1.807, 2.05) is 29.2 Å². The molecule has 4 nitrogen and oxygen atoms in total. The molecule has 0 spiro atoms. The zero-order chi connectivity index (χ0) is 13.2. The van der Waals surface area contributed by atoms with E-state index in [4.69, 9.17) is 16.1 Å². The average molecular weight is 279 g/mol. The summed E-state index contributed by atoms with van der Waals surface area (Å²) in [4.78, 5) is 14.1. The molecule has 5 heteroatoms. The number of fused-ring (bicyclic) bond motifs is 1. The van der Waals surface area contributed by atoms with Gasteiger partial charge in [-0.05, 0) is 25.0 Å². The summed E-state index contributed by atoms with van der Waals surface area (Å²) in [5, 5.41) is 5.12. The van der Waals surface area contributed by atoms with Crippen molar-refractivity contribution in [2.24, 2.45) is 0 Å². The molecule has 1 aliphatic rings. The standard InChI is InChI=1S/C14H15ClN2O2/c15-10-5-7-17(8-6-10)14(18)9-12-11-3-1-2-4-13(11)19-16-12/h1-4,10H,5-9H2. The number of para-hydroxylation sites is 1. The lowest BCUT2D eigenvalue weighted by Gasteiger charge is -2.29. The number of halogens is 1. The molecule has 3 rings (SSSR count). The van der Waals surface area contributed by atoms with E-state index in [-0.39, 0.29) is 11.3 Å². The van der Waals surface area contributed by atoms with E-state index in [9.17, 15) is 4.79 Å². The van der Waals surface area contributed by atoms with Crippen LogP contribution < -0.4 is 0 Å². The summed E-state index contributed by atoms with van der Waals surface area (Å²) in [6, 6.07) is 7.60. The van der Waals surface area contributed by atoms with E-state index in [1.54, 1.807) is 0 Å². The quantitative estimate of drug-likeness (QED) is 0.793. The molecule has 100 valence electrons. The molecule has 2 heterocycles. The highest BCUT2D eigenvalue weighted by atomic mass is 35.5. The molecular formula is C14H15ClN2O2. The minimum absolute atomic E-state index is 0.0996. The summed E-state index contributed by atoms with van der Waals surface area (Å²) in [5.41, 5.74) is 1.44. The summed E-state index contributed by atoms with van der Waals surface area (Å²) in [6.45, 7) is 1.48. The zero-order valence-electron chi connectivity index (χ0n) is 10.5. The van der Waals surface area contributed by atoms with Gasteiger partial charge in [0.25, 0.3) is 0 Å². The van der Waals surface area contributed by atoms with Gasteiger partial charge in [-0.15, -0.1) is 11.6 Å². The normalized spacial score (nSPS) is 17.0. The maximum Gasteiger partial charge on any atom is 0.228 e. The largest absolute Gasteiger partial charge is 0.356 e. The van der Waals surface area contributed by atoms with Crippen LogP contribution in [0.3, 0.4) is 0 Å². The van der Waals surface area contributed by atoms with Crippen molar-refractivity contribution in [2.75, 3.05) is 13.1 Å². The van der Waals surface area contributed by atoms with Crippen LogP contribution in [0.4, 0.5) is 0 Å². The summed E-state index contributed by atoms with van der Waals surface area (Å²) in [6.07, 6.45) is 2.03. The van der Waals surface area contributed by atoms with Gasteiger partial charge in [-0.2, -0.15) is 0 Å². The lowest BCUT2D eigenvalue weighted by atomic mass is 10.1. The minimum Gasteiger partial charge on any atom is -0.356 e. The lowest BCUT2D eigenvalue weighted by Crippen LogP contribution is -2.39. The van der Waals surface area contributed by atoms with E-state index in [0.29, 0.717) is 12.1 Å². The van der Waals surface area contributed by atoms with Crippen molar-refractivity contribution in [1.29, 1.82) is 0 Å². The summed E-state index contributed by atoms with van der Waals surface area (Å²) < 4.78 is 5.21. The van der Waals surface area contributed by atoms with Crippen LogP contribution in [0.25, 0.3) is 11.0 Å². The van der Waals surface area contributed by atoms with Crippen molar-refractivity contribution < 1.29 is 9.32 Å². The summed E-state index contributed by atoms with van der Waals surface area (Å²) >= 11 is 6.04. The fraction of sp³-hybridized carbons (Fsp3) is 0.429. The molecule has 0 atom stereocenters. The monoisotopic (exact) mass is 278 g/mol. The Balaban J connectivity index is 1.72. The molecule has 1 saturated heterocycles. The highest BCUT2D eigenvalue weighted by Crippen LogP contribution is 2.20. The topological polar surface area (TPSA) is 46.3 Å². The number of rotatable bonds is 2. The van der Waals surface area contributed by atoms with Crippen LogP contribution in [0.5, 0.6) is 0 Å². The Hall–Kier alpha value is -1.55. The van der Waals surface area contributed by atoms with Gasteiger partial charge in [0.15, 0.2) is 5.58 Å². The number of amides is 1. The van der Waals surface area contributed by atoms with Gasteiger partial charge in [0.05, 0.1) is 6.42 Å². The number of carbonyl (C=O) groups is 1. The third kappa shape index (κ3) is 2.59. The van der Waals surface area contributed by atoms with Gasteiger partial charge in [0.2, 0.25) is 5.91 Å². The van der Waals surface area contributed by atoms with Gasteiger partial charge in [-0.1, -0.05) is 17.3 Å². The molecule has 0 saturated carbocycles. The first-order valence-corrected chi connectivity index (χ1v) is 6.93. The Bertz CT molecular complexity index is 588. The lowest BCUT2D eigenvalue weighted by molar-refractivity contribution is -0.131. The second-order valence-electron chi connectivity index (χ2n) is 4.86. The van der Waals surface area contributed by atoms with E-state index < -0.39 is 0 Å². The number of benzene rings is 1. The number of hydrogen-bond donors (Lipinski definition) is 0. The van der Waals surface area contributed by atoms with E-state index in [1.165, 1.54) is 0 Å². The van der Waals surface area contributed by atoms with Gasteiger partial charge in [0, 0.05) is 23.9 Å². The molecule has 0 radical (unpaired) electrons. The van der Waals surface area contributed by atoms with Crippen LogP contribution >= 0.6 is 11.6 Å².